The van der Waals surface area contributed by atoms with E-state index < -0.39 is 24.5 Å². The molecule has 6 aromatic rings. The van der Waals surface area contributed by atoms with Gasteiger partial charge in [-0.2, -0.15) is 15.0 Å². The lowest BCUT2D eigenvalue weighted by Crippen LogP contribution is -2.32. The lowest BCUT2D eigenvalue weighted by atomic mass is 9.91. The van der Waals surface area contributed by atoms with Gasteiger partial charge in [-0.25, -0.2) is 9.97 Å². The molecule has 50 heavy (non-hydrogen) atoms. The Bertz CT molecular complexity index is 1970. The molecule has 0 saturated carbocycles. The second kappa shape index (κ2) is 14.8. The molecule has 15 nitrogen and oxygen atoms in total. The second-order valence-electron chi connectivity index (χ2n) is 12.1. The molecule has 0 spiro atoms. The first-order valence-corrected chi connectivity index (χ1v) is 16.6. The van der Waals surface area contributed by atoms with Gasteiger partial charge in [0.25, 0.3) is 12.4 Å². The number of fused-ring (bicyclic) bond motifs is 1. The zero-order chi connectivity index (χ0) is 34.5. The van der Waals surface area contributed by atoms with Crippen LogP contribution in [0.1, 0.15) is 60.1 Å². The molecule has 0 aliphatic carbocycles. The number of aliphatic hydroxyl groups excluding tert-OH is 1. The van der Waals surface area contributed by atoms with Crippen LogP contribution >= 0.6 is 0 Å². The Hall–Kier alpha value is -5.67. The average Bonchev–Trinajstić information content (AvgIpc) is 3.94. The van der Waals surface area contributed by atoms with Gasteiger partial charge in [0, 0.05) is 45.1 Å². The Morgan fingerprint density at radius 1 is 0.980 bits per heavy atom. The van der Waals surface area contributed by atoms with Gasteiger partial charge in [0.05, 0.1) is 18.3 Å². The molecule has 1 fully saturated rings. The number of benzene rings is 2. The van der Waals surface area contributed by atoms with E-state index in [-0.39, 0.29) is 18.3 Å². The molecule has 1 saturated heterocycles. The van der Waals surface area contributed by atoms with E-state index in [9.17, 15) is 9.90 Å². The van der Waals surface area contributed by atoms with E-state index in [2.05, 4.69) is 55.0 Å². The number of nitrogens with one attached hydrogen (secondary N) is 2. The lowest BCUT2D eigenvalue weighted by molar-refractivity contribution is -0.142. The van der Waals surface area contributed by atoms with Crippen molar-refractivity contribution in [2.24, 2.45) is 7.05 Å². The minimum Gasteiger partial charge on any atom is -0.457 e. The van der Waals surface area contributed by atoms with E-state index in [0.717, 1.165) is 23.2 Å². The van der Waals surface area contributed by atoms with Crippen LogP contribution in [0.15, 0.2) is 84.0 Å². The van der Waals surface area contributed by atoms with E-state index in [4.69, 9.17) is 24.0 Å². The summed E-state index contributed by atoms with van der Waals surface area (Å²) in [5.74, 6) is 1.44. The first-order valence-electron chi connectivity index (χ1n) is 16.6. The molecule has 4 aromatic heterocycles. The quantitative estimate of drug-likeness (QED) is 0.133. The summed E-state index contributed by atoms with van der Waals surface area (Å²) in [4.78, 5) is 34.8. The van der Waals surface area contributed by atoms with E-state index in [1.165, 1.54) is 6.33 Å². The third-order valence-corrected chi connectivity index (χ3v) is 8.62. The van der Waals surface area contributed by atoms with Crippen molar-refractivity contribution < 1.29 is 23.9 Å². The Balaban J connectivity index is 1.23. The predicted octanol–water partition coefficient (Wildman–Crippen LogP) is 3.97. The monoisotopic (exact) mass is 678 g/mol. The Morgan fingerprint density at radius 2 is 1.74 bits per heavy atom. The lowest BCUT2D eigenvalue weighted by Gasteiger charge is -2.21. The smallest absolute Gasteiger partial charge is 0.293 e. The number of rotatable bonds is 15. The number of nitrogens with zero attached hydrogens (tertiary/aromatic N) is 8. The SMILES string of the molecule is CCCc1noc([C@H]2O[C@@H](n3cnc4c(NCC(c5ccccc5)c5ccccc5)nc(NCCc5cn(C)cn5)nc43)[C@H](OC=O)[C@@H]2O)n1. The van der Waals surface area contributed by atoms with Crippen LogP contribution in [0, 0.1) is 0 Å². The molecule has 258 valence electrons. The van der Waals surface area contributed by atoms with Gasteiger partial charge < -0.3 is 34.3 Å². The Kier molecular flexibility index (Phi) is 9.75. The summed E-state index contributed by atoms with van der Waals surface area (Å²) in [5.41, 5.74) is 4.08. The molecule has 3 N–H and O–H groups in total. The summed E-state index contributed by atoms with van der Waals surface area (Å²) in [7, 11) is 1.93. The van der Waals surface area contributed by atoms with Gasteiger partial charge in [-0.05, 0) is 17.5 Å². The molecule has 2 aromatic carbocycles. The van der Waals surface area contributed by atoms with Crippen LogP contribution in [0.3, 0.4) is 0 Å². The number of hydrogen-bond donors (Lipinski definition) is 3. The van der Waals surface area contributed by atoms with Crippen molar-refractivity contribution in [2.45, 2.75) is 56.6 Å². The molecule has 7 rings (SSSR count). The predicted molar refractivity (Wildman–Crippen MR) is 182 cm³/mol. The van der Waals surface area contributed by atoms with E-state index >= 15 is 0 Å². The highest BCUT2D eigenvalue weighted by atomic mass is 16.6. The maximum Gasteiger partial charge on any atom is 0.293 e. The Labute approximate surface area is 287 Å². The van der Waals surface area contributed by atoms with Crippen molar-refractivity contribution in [2.75, 3.05) is 23.7 Å². The molecule has 0 radical (unpaired) electrons. The highest BCUT2D eigenvalue weighted by Gasteiger charge is 2.50. The summed E-state index contributed by atoms with van der Waals surface area (Å²) >= 11 is 0. The second-order valence-corrected chi connectivity index (χ2v) is 12.1. The maximum atomic E-state index is 11.6. The summed E-state index contributed by atoms with van der Waals surface area (Å²) in [5, 5.41) is 22.1. The number of aryl methyl sites for hydroxylation is 2. The zero-order valence-electron chi connectivity index (χ0n) is 27.7. The number of ether oxygens (including phenoxy) is 2. The molecule has 0 unspecified atom stereocenters. The van der Waals surface area contributed by atoms with Crippen LogP contribution in [0.5, 0.6) is 0 Å². The van der Waals surface area contributed by atoms with Gasteiger partial charge in [0.15, 0.2) is 41.2 Å². The zero-order valence-corrected chi connectivity index (χ0v) is 27.7. The maximum absolute atomic E-state index is 11.6. The van der Waals surface area contributed by atoms with E-state index in [0.29, 0.717) is 54.7 Å². The first-order chi connectivity index (χ1) is 24.5. The number of aromatic nitrogens is 8. The summed E-state index contributed by atoms with van der Waals surface area (Å²) < 4.78 is 20.6. The summed E-state index contributed by atoms with van der Waals surface area (Å²) in [6.07, 6.45) is 2.84. The van der Waals surface area contributed by atoms with Gasteiger partial charge in [-0.1, -0.05) is 72.7 Å². The van der Waals surface area contributed by atoms with Gasteiger partial charge in [-0.15, -0.1) is 0 Å². The minimum absolute atomic E-state index is 0.0107. The molecule has 1 aliphatic rings. The molecule has 0 amide bonds. The molecule has 0 bridgehead atoms. The molecule has 4 atom stereocenters. The highest BCUT2D eigenvalue weighted by Crippen LogP contribution is 2.41. The number of anilines is 2. The van der Waals surface area contributed by atoms with Crippen molar-refractivity contribution in [3.63, 3.8) is 0 Å². The van der Waals surface area contributed by atoms with Gasteiger partial charge in [0.2, 0.25) is 5.95 Å². The number of carbonyl (C=O) groups excluding carboxylic acids is 1. The molecule has 1 aliphatic heterocycles. The normalized spacial score (nSPS) is 18.9. The van der Waals surface area contributed by atoms with Crippen LogP contribution in [-0.2, 0) is 34.2 Å². The molecular weight excluding hydrogens is 640 g/mol. The van der Waals surface area contributed by atoms with Crippen LogP contribution in [0.4, 0.5) is 11.8 Å². The van der Waals surface area contributed by atoms with E-state index in [1.807, 2.05) is 61.1 Å². The number of aliphatic hydroxyl groups is 1. The highest BCUT2D eigenvalue weighted by molar-refractivity contribution is 5.84. The van der Waals surface area contributed by atoms with Crippen LogP contribution < -0.4 is 10.6 Å². The van der Waals surface area contributed by atoms with Crippen LogP contribution in [-0.4, -0.2) is 76.1 Å². The number of hydrogen-bond acceptors (Lipinski definition) is 13. The standard InChI is InChI=1S/C35H38N10O5/c1-3-10-26-40-33(50-43-26)29-28(47)30(48-21-46)34(49-29)45-20-39-27-31(41-35(42-32(27)45)36-16-15-24-18-44(2)19-38-24)37-17-25(22-11-6-4-7-12-22)23-13-8-5-9-14-23/h4-9,11-14,18-21,25,28-30,34,47H,3,10,15-17H2,1-2H3,(H2,36,37,41,42)/t28-,29+,30-,34-/m1/s1. The van der Waals surface area contributed by atoms with Crippen molar-refractivity contribution >= 4 is 29.4 Å². The van der Waals surface area contributed by atoms with Crippen LogP contribution in [0.25, 0.3) is 11.2 Å². The average molecular weight is 679 g/mol. The summed E-state index contributed by atoms with van der Waals surface area (Å²) in [6.45, 7) is 3.31. The third-order valence-electron chi connectivity index (χ3n) is 8.62. The van der Waals surface area contributed by atoms with Crippen molar-refractivity contribution in [1.82, 2.24) is 39.2 Å². The van der Waals surface area contributed by atoms with E-state index in [1.54, 1.807) is 10.9 Å². The fourth-order valence-electron chi connectivity index (χ4n) is 6.20. The summed E-state index contributed by atoms with van der Waals surface area (Å²) in [6, 6.07) is 20.5. The molecular formula is C35H38N10O5. The largest absolute Gasteiger partial charge is 0.457 e. The van der Waals surface area contributed by atoms with Crippen molar-refractivity contribution in [1.29, 1.82) is 0 Å². The van der Waals surface area contributed by atoms with Gasteiger partial charge in [-0.3, -0.25) is 9.36 Å². The fourth-order valence-corrected chi connectivity index (χ4v) is 6.20. The van der Waals surface area contributed by atoms with Crippen molar-refractivity contribution in [3.05, 3.63) is 108 Å². The minimum atomic E-state index is -1.30. The van der Waals surface area contributed by atoms with Crippen LogP contribution in [0.2, 0.25) is 0 Å². The Morgan fingerprint density at radius 3 is 2.42 bits per heavy atom. The number of carbonyl (C=O) groups is 1. The van der Waals surface area contributed by atoms with Gasteiger partial charge >= 0.3 is 0 Å². The molecule has 15 heteroatoms. The topological polar surface area (TPSA) is 180 Å². The molecule has 5 heterocycles. The van der Waals surface area contributed by atoms with Crippen molar-refractivity contribution in [3.8, 4) is 0 Å². The fraction of sp³-hybridized carbons (Fsp3) is 0.343. The third kappa shape index (κ3) is 6.91. The first kappa shape index (κ1) is 32.9. The number of imidazole rings is 2. The van der Waals surface area contributed by atoms with Gasteiger partial charge in [0.1, 0.15) is 6.10 Å².